The van der Waals surface area contributed by atoms with Gasteiger partial charge >= 0.3 is 0 Å². The first-order valence-corrected chi connectivity index (χ1v) is 8.91. The van der Waals surface area contributed by atoms with Crippen LogP contribution in [-0.4, -0.2) is 53.3 Å². The van der Waals surface area contributed by atoms with E-state index in [-0.39, 0.29) is 11.9 Å². The van der Waals surface area contributed by atoms with Crippen molar-refractivity contribution in [3.63, 3.8) is 0 Å². The molecule has 24 heavy (non-hydrogen) atoms. The molecule has 1 N–H and O–H groups in total. The van der Waals surface area contributed by atoms with Gasteiger partial charge < -0.3 is 14.5 Å². The fourth-order valence-electron chi connectivity index (χ4n) is 2.74. The second-order valence-electron chi connectivity index (χ2n) is 5.85. The van der Waals surface area contributed by atoms with Gasteiger partial charge in [-0.15, -0.1) is 21.5 Å². The van der Waals surface area contributed by atoms with Crippen LogP contribution in [0.3, 0.4) is 0 Å². The van der Waals surface area contributed by atoms with E-state index in [1.807, 2.05) is 13.0 Å². The van der Waals surface area contributed by atoms with Crippen molar-refractivity contribution in [3.8, 4) is 0 Å². The van der Waals surface area contributed by atoms with Crippen LogP contribution in [0.5, 0.6) is 0 Å². The molecular weight excluding hydrogens is 328 g/mol. The molecule has 1 fully saturated rings. The lowest BCUT2D eigenvalue weighted by molar-refractivity contribution is -0.124. The maximum atomic E-state index is 12.2. The fraction of sp³-hybridized carbons (Fsp3) is 0.562. The van der Waals surface area contributed by atoms with Gasteiger partial charge in [-0.1, -0.05) is 0 Å². The largest absolute Gasteiger partial charge is 0.472 e. The molecule has 3 heterocycles. The molecule has 7 nitrogen and oxygen atoms in total. The van der Waals surface area contributed by atoms with E-state index in [1.165, 1.54) is 0 Å². The predicted molar refractivity (Wildman–Crippen MR) is 89.7 cm³/mol. The molecule has 2 aromatic rings. The van der Waals surface area contributed by atoms with Gasteiger partial charge in [0.25, 0.3) is 0 Å². The highest BCUT2D eigenvalue weighted by molar-refractivity contribution is 7.11. The minimum atomic E-state index is 0.0453. The summed E-state index contributed by atoms with van der Waals surface area (Å²) in [5.74, 6) is 0.0453. The van der Waals surface area contributed by atoms with Crippen LogP contribution >= 0.6 is 11.3 Å². The molecule has 0 radical (unpaired) electrons. The van der Waals surface area contributed by atoms with Gasteiger partial charge in [-0.25, -0.2) is 0 Å². The maximum absolute atomic E-state index is 12.2. The number of aromatic nitrogens is 2. The molecule has 1 aliphatic heterocycles. The molecule has 0 bridgehead atoms. The van der Waals surface area contributed by atoms with Crippen LogP contribution in [0, 0.1) is 6.92 Å². The Balaban J connectivity index is 1.44. The summed E-state index contributed by atoms with van der Waals surface area (Å²) in [5, 5.41) is 12.9. The number of hydrogen-bond acceptors (Lipinski definition) is 7. The summed E-state index contributed by atoms with van der Waals surface area (Å²) < 4.78 is 10.7. The van der Waals surface area contributed by atoms with Crippen molar-refractivity contribution in [1.29, 1.82) is 0 Å². The Hall–Kier alpha value is -1.77. The Kier molecular flexibility index (Phi) is 5.95. The molecular formula is C16H22N4O3S. The number of nitrogens with one attached hydrogen (secondary N) is 1. The smallest absolute Gasteiger partial charge is 0.221 e. The van der Waals surface area contributed by atoms with Crippen molar-refractivity contribution < 1.29 is 13.9 Å². The topological polar surface area (TPSA) is 80.5 Å². The van der Waals surface area contributed by atoms with E-state index in [0.717, 1.165) is 35.1 Å². The van der Waals surface area contributed by atoms with E-state index in [1.54, 1.807) is 23.9 Å². The average molecular weight is 350 g/mol. The Labute approximate surface area is 145 Å². The highest BCUT2D eigenvalue weighted by Crippen LogP contribution is 2.15. The molecule has 1 amide bonds. The van der Waals surface area contributed by atoms with Crippen molar-refractivity contribution in [2.75, 3.05) is 26.3 Å². The zero-order valence-corrected chi connectivity index (χ0v) is 14.6. The predicted octanol–water partition coefficient (Wildman–Crippen LogP) is 1.39. The fourth-order valence-corrected chi connectivity index (χ4v) is 3.44. The molecule has 8 heteroatoms. The van der Waals surface area contributed by atoms with E-state index in [0.29, 0.717) is 26.2 Å². The molecule has 3 rings (SSSR count). The van der Waals surface area contributed by atoms with Crippen molar-refractivity contribution in [1.82, 2.24) is 20.4 Å². The third-order valence-corrected chi connectivity index (χ3v) is 4.86. The highest BCUT2D eigenvalue weighted by Gasteiger charge is 2.25. The lowest BCUT2D eigenvalue weighted by Crippen LogP contribution is -2.47. The minimum absolute atomic E-state index is 0.0453. The van der Waals surface area contributed by atoms with Crippen molar-refractivity contribution >= 4 is 17.2 Å². The zero-order chi connectivity index (χ0) is 16.8. The van der Waals surface area contributed by atoms with Gasteiger partial charge in [0, 0.05) is 44.1 Å². The molecule has 2 aromatic heterocycles. The molecule has 0 aromatic carbocycles. The standard InChI is InChI=1S/C16H22N4O3S/c1-12-18-19-16(24-12)2-4-17-15(21)8-14-11-23-7-5-20(14)9-13-3-6-22-10-13/h3,6,10,14H,2,4-5,7-9,11H2,1H3,(H,17,21). The zero-order valence-electron chi connectivity index (χ0n) is 13.7. The van der Waals surface area contributed by atoms with Gasteiger partial charge in [-0.3, -0.25) is 9.69 Å². The van der Waals surface area contributed by atoms with Gasteiger partial charge in [0.1, 0.15) is 10.0 Å². The normalized spacial score (nSPS) is 18.6. The summed E-state index contributed by atoms with van der Waals surface area (Å²) in [6.07, 6.45) is 4.58. The number of aryl methyl sites for hydroxylation is 1. The SMILES string of the molecule is Cc1nnc(CCNC(=O)CC2COCCN2Cc2ccoc2)s1. The minimum Gasteiger partial charge on any atom is -0.472 e. The van der Waals surface area contributed by atoms with Crippen LogP contribution in [0.15, 0.2) is 23.0 Å². The first-order valence-electron chi connectivity index (χ1n) is 8.09. The number of amides is 1. The number of hydrogen-bond donors (Lipinski definition) is 1. The van der Waals surface area contributed by atoms with Crippen molar-refractivity contribution in [2.45, 2.75) is 32.4 Å². The van der Waals surface area contributed by atoms with Crippen molar-refractivity contribution in [3.05, 3.63) is 34.2 Å². The first-order chi connectivity index (χ1) is 11.7. The van der Waals surface area contributed by atoms with Gasteiger partial charge in [-0.2, -0.15) is 0 Å². The van der Waals surface area contributed by atoms with Crippen LogP contribution in [0.1, 0.15) is 22.0 Å². The monoisotopic (exact) mass is 350 g/mol. The maximum Gasteiger partial charge on any atom is 0.221 e. The Morgan fingerprint density at radius 3 is 3.17 bits per heavy atom. The van der Waals surface area contributed by atoms with Gasteiger partial charge in [0.15, 0.2) is 0 Å². The van der Waals surface area contributed by atoms with E-state index in [2.05, 4.69) is 20.4 Å². The Morgan fingerprint density at radius 1 is 1.50 bits per heavy atom. The lowest BCUT2D eigenvalue weighted by Gasteiger charge is -2.34. The summed E-state index contributed by atoms with van der Waals surface area (Å²) in [7, 11) is 0. The van der Waals surface area contributed by atoms with Gasteiger partial charge in [0.2, 0.25) is 5.91 Å². The number of ether oxygens (including phenoxy) is 1. The van der Waals surface area contributed by atoms with Crippen molar-refractivity contribution in [2.24, 2.45) is 0 Å². The molecule has 1 aliphatic rings. The third-order valence-electron chi connectivity index (χ3n) is 3.97. The molecule has 0 spiro atoms. The van der Waals surface area contributed by atoms with Crippen LogP contribution in [0.25, 0.3) is 0 Å². The summed E-state index contributed by atoms with van der Waals surface area (Å²) in [6.45, 7) is 5.41. The number of carbonyl (C=O) groups excluding carboxylic acids is 1. The number of furan rings is 1. The average Bonchev–Trinajstić information content (AvgIpc) is 3.21. The van der Waals surface area contributed by atoms with Crippen LogP contribution in [0.2, 0.25) is 0 Å². The van der Waals surface area contributed by atoms with E-state index < -0.39 is 0 Å². The van der Waals surface area contributed by atoms with Crippen LogP contribution < -0.4 is 5.32 Å². The van der Waals surface area contributed by atoms with Crippen LogP contribution in [-0.2, 0) is 22.5 Å². The summed E-state index contributed by atoms with van der Waals surface area (Å²) in [4.78, 5) is 14.5. The Bertz CT molecular complexity index is 644. The van der Waals surface area contributed by atoms with E-state index in [9.17, 15) is 4.79 Å². The lowest BCUT2D eigenvalue weighted by atomic mass is 10.1. The number of rotatable bonds is 7. The van der Waals surface area contributed by atoms with E-state index >= 15 is 0 Å². The molecule has 1 saturated heterocycles. The number of nitrogens with zero attached hydrogens (tertiary/aromatic N) is 3. The molecule has 1 unspecified atom stereocenters. The van der Waals surface area contributed by atoms with Gasteiger partial charge in [-0.05, 0) is 13.0 Å². The third kappa shape index (κ3) is 4.86. The second kappa shape index (κ2) is 8.36. The summed E-state index contributed by atoms with van der Waals surface area (Å²) >= 11 is 1.57. The summed E-state index contributed by atoms with van der Waals surface area (Å²) in [6, 6.07) is 2.05. The quantitative estimate of drug-likeness (QED) is 0.813. The highest BCUT2D eigenvalue weighted by atomic mass is 32.1. The second-order valence-corrected chi connectivity index (χ2v) is 7.12. The summed E-state index contributed by atoms with van der Waals surface area (Å²) in [5.41, 5.74) is 1.12. The number of morpholine rings is 1. The molecule has 130 valence electrons. The van der Waals surface area contributed by atoms with Gasteiger partial charge in [0.05, 0.1) is 25.7 Å². The Morgan fingerprint density at radius 2 is 2.42 bits per heavy atom. The number of carbonyl (C=O) groups is 1. The molecule has 0 aliphatic carbocycles. The molecule has 1 atom stereocenters. The first kappa shape index (κ1) is 17.1. The van der Waals surface area contributed by atoms with Crippen LogP contribution in [0.4, 0.5) is 0 Å². The molecule has 0 saturated carbocycles. The van der Waals surface area contributed by atoms with E-state index in [4.69, 9.17) is 9.15 Å².